The molecule has 0 bridgehead atoms. The Hall–Kier alpha value is -4.38. The monoisotopic (exact) mass is 721 g/mol. The third-order valence-corrected chi connectivity index (χ3v) is 8.95. The molecule has 0 spiro atoms. The van der Waals surface area contributed by atoms with Gasteiger partial charge in [0.15, 0.2) is 11.6 Å². The normalized spacial score (nSPS) is 16.3. The van der Waals surface area contributed by atoms with Crippen molar-refractivity contribution < 1.29 is 50.9 Å². The van der Waals surface area contributed by atoms with Crippen LogP contribution in [0.25, 0.3) is 17.2 Å². The standard InChI is InChI=1S/C33H28F5N3O6S2/c34-25-6-3-20(16-26(25)35)24-18-22(33(36,37)38)15-21(29(24)47-14-11-40-9-12-46-13-10-40)17-27-30(43)41(32(48)49-27)8-7-28(42)39-23-4-1-19(2-5-23)31(44)45/h1-6,15-18H,7-14H2,(H,39,42)(H,44,45)/b27-17-. The van der Waals surface area contributed by atoms with Crippen molar-refractivity contribution in [3.05, 3.63) is 87.8 Å². The van der Waals surface area contributed by atoms with Crippen molar-refractivity contribution in [2.24, 2.45) is 0 Å². The van der Waals surface area contributed by atoms with Crippen LogP contribution in [-0.2, 0) is 20.5 Å². The second-order valence-electron chi connectivity index (χ2n) is 10.9. The molecule has 5 rings (SSSR count). The summed E-state index contributed by atoms with van der Waals surface area (Å²) in [6, 6.07) is 9.76. The Balaban J connectivity index is 1.42. The molecule has 3 aromatic rings. The van der Waals surface area contributed by atoms with Crippen molar-refractivity contribution in [2.45, 2.75) is 12.6 Å². The van der Waals surface area contributed by atoms with Crippen LogP contribution in [0.2, 0.25) is 0 Å². The average molecular weight is 722 g/mol. The van der Waals surface area contributed by atoms with Crippen molar-refractivity contribution in [1.82, 2.24) is 9.80 Å². The summed E-state index contributed by atoms with van der Waals surface area (Å²) in [5.74, 6) is -4.80. The van der Waals surface area contributed by atoms with Crippen molar-refractivity contribution in [3.8, 4) is 16.9 Å². The van der Waals surface area contributed by atoms with Gasteiger partial charge in [-0.2, -0.15) is 13.2 Å². The number of halogens is 5. The summed E-state index contributed by atoms with van der Waals surface area (Å²) in [4.78, 5) is 40.2. The maximum atomic E-state index is 14.3. The van der Waals surface area contributed by atoms with E-state index in [-0.39, 0.29) is 56.8 Å². The summed E-state index contributed by atoms with van der Waals surface area (Å²) in [7, 11) is 0. The average Bonchev–Trinajstić information content (AvgIpc) is 3.32. The summed E-state index contributed by atoms with van der Waals surface area (Å²) in [5.41, 5.74) is -1.11. The second kappa shape index (κ2) is 15.4. The van der Waals surface area contributed by atoms with Crippen LogP contribution in [0, 0.1) is 11.6 Å². The van der Waals surface area contributed by atoms with Gasteiger partial charge in [-0.25, -0.2) is 13.6 Å². The maximum Gasteiger partial charge on any atom is 0.416 e. The number of nitrogens with zero attached hydrogens (tertiary/aromatic N) is 2. The molecule has 2 N–H and O–H groups in total. The van der Waals surface area contributed by atoms with Crippen LogP contribution in [0.1, 0.15) is 27.9 Å². The van der Waals surface area contributed by atoms with E-state index in [1.807, 2.05) is 4.90 Å². The number of rotatable bonds is 11. The van der Waals surface area contributed by atoms with E-state index in [0.717, 1.165) is 47.0 Å². The number of thioether (sulfide) groups is 1. The van der Waals surface area contributed by atoms with Gasteiger partial charge in [0.1, 0.15) is 16.7 Å². The number of thiocarbonyl (C=S) groups is 1. The first-order valence-corrected chi connectivity index (χ1v) is 16.0. The lowest BCUT2D eigenvalue weighted by Gasteiger charge is -2.27. The second-order valence-corrected chi connectivity index (χ2v) is 12.6. The zero-order chi connectivity index (χ0) is 35.3. The first-order chi connectivity index (χ1) is 23.3. The summed E-state index contributed by atoms with van der Waals surface area (Å²) in [5, 5.41) is 11.6. The SMILES string of the molecule is O=C(CCN1C(=O)/C(=C/c2cc(C(F)(F)F)cc(-c3ccc(F)c(F)c3)c2OCCN2CCOCC2)SC1=S)Nc1ccc(C(=O)O)cc1. The topological polar surface area (TPSA) is 108 Å². The highest BCUT2D eigenvalue weighted by Gasteiger charge is 2.35. The van der Waals surface area contributed by atoms with Gasteiger partial charge in [-0.1, -0.05) is 30.0 Å². The van der Waals surface area contributed by atoms with Gasteiger partial charge in [0, 0.05) is 49.4 Å². The first-order valence-electron chi connectivity index (χ1n) is 14.8. The van der Waals surface area contributed by atoms with E-state index in [2.05, 4.69) is 5.32 Å². The Labute approximate surface area is 286 Å². The van der Waals surface area contributed by atoms with Crippen LogP contribution >= 0.6 is 24.0 Å². The summed E-state index contributed by atoms with van der Waals surface area (Å²) < 4.78 is 82.0. The van der Waals surface area contributed by atoms with Crippen molar-refractivity contribution in [2.75, 3.05) is 51.3 Å². The first kappa shape index (κ1) is 35.9. The number of ether oxygens (including phenoxy) is 2. The van der Waals surface area contributed by atoms with Crippen LogP contribution < -0.4 is 10.1 Å². The number of amides is 2. The van der Waals surface area contributed by atoms with Gasteiger partial charge in [-0.05, 0) is 60.2 Å². The Morgan fingerprint density at radius 3 is 2.39 bits per heavy atom. The number of nitrogens with one attached hydrogen (secondary N) is 1. The largest absolute Gasteiger partial charge is 0.491 e. The number of hydrogen-bond donors (Lipinski definition) is 2. The fourth-order valence-electron chi connectivity index (χ4n) is 5.03. The minimum atomic E-state index is -4.84. The molecule has 3 aromatic carbocycles. The lowest BCUT2D eigenvalue weighted by Crippen LogP contribution is -2.38. The molecule has 16 heteroatoms. The van der Waals surface area contributed by atoms with Gasteiger partial charge < -0.3 is 19.9 Å². The molecule has 0 saturated carbocycles. The molecule has 49 heavy (non-hydrogen) atoms. The molecule has 2 aliphatic rings. The van der Waals surface area contributed by atoms with Crippen LogP contribution in [0.15, 0.2) is 59.5 Å². The molecule has 0 aromatic heterocycles. The number of alkyl halides is 3. The summed E-state index contributed by atoms with van der Waals surface area (Å²) in [6.45, 7) is 2.54. The number of hydrogen-bond acceptors (Lipinski definition) is 8. The highest BCUT2D eigenvalue weighted by atomic mass is 32.2. The fourth-order valence-corrected chi connectivity index (χ4v) is 6.33. The van der Waals surface area contributed by atoms with Crippen LogP contribution in [0.3, 0.4) is 0 Å². The van der Waals surface area contributed by atoms with Crippen LogP contribution in [-0.4, -0.2) is 83.0 Å². The molecule has 2 amide bonds. The molecule has 0 aliphatic carbocycles. The van der Waals surface area contributed by atoms with E-state index in [1.54, 1.807) is 0 Å². The summed E-state index contributed by atoms with van der Waals surface area (Å²) >= 11 is 6.18. The quantitative estimate of drug-likeness (QED) is 0.134. The van der Waals surface area contributed by atoms with Crippen LogP contribution in [0.4, 0.5) is 27.6 Å². The third kappa shape index (κ3) is 9.00. The van der Waals surface area contributed by atoms with E-state index < -0.39 is 41.2 Å². The van der Waals surface area contributed by atoms with Crippen molar-refractivity contribution >= 4 is 57.8 Å². The zero-order valence-electron chi connectivity index (χ0n) is 25.5. The van der Waals surface area contributed by atoms with Gasteiger partial charge in [-0.15, -0.1) is 0 Å². The van der Waals surface area contributed by atoms with Crippen molar-refractivity contribution in [3.63, 3.8) is 0 Å². The van der Waals surface area contributed by atoms with E-state index in [4.69, 9.17) is 26.8 Å². The van der Waals surface area contributed by atoms with E-state index >= 15 is 0 Å². The zero-order valence-corrected chi connectivity index (χ0v) is 27.2. The Morgan fingerprint density at radius 1 is 1.02 bits per heavy atom. The highest BCUT2D eigenvalue weighted by molar-refractivity contribution is 8.26. The molecule has 0 unspecified atom stereocenters. The number of aromatic carboxylic acids is 1. The lowest BCUT2D eigenvalue weighted by molar-refractivity contribution is -0.137. The molecular weight excluding hydrogens is 694 g/mol. The predicted octanol–water partition coefficient (Wildman–Crippen LogP) is 6.29. The van der Waals surface area contributed by atoms with Gasteiger partial charge in [-0.3, -0.25) is 19.4 Å². The summed E-state index contributed by atoms with van der Waals surface area (Å²) in [6.07, 6.45) is -3.84. The highest BCUT2D eigenvalue weighted by Crippen LogP contribution is 2.43. The molecule has 9 nitrogen and oxygen atoms in total. The van der Waals surface area contributed by atoms with Gasteiger partial charge in [0.2, 0.25) is 5.91 Å². The van der Waals surface area contributed by atoms with Gasteiger partial charge in [0.25, 0.3) is 5.91 Å². The van der Waals surface area contributed by atoms with E-state index in [9.17, 15) is 36.3 Å². The number of anilines is 1. The number of carboxylic acid groups (broad SMARTS) is 1. The van der Waals surface area contributed by atoms with Gasteiger partial charge in [0.05, 0.1) is 29.2 Å². The lowest BCUT2D eigenvalue weighted by atomic mass is 9.97. The molecular formula is C33H28F5N3O6S2. The van der Waals surface area contributed by atoms with E-state index in [0.29, 0.717) is 38.5 Å². The molecule has 2 heterocycles. The molecule has 0 atom stereocenters. The molecule has 2 aliphatic heterocycles. The predicted molar refractivity (Wildman–Crippen MR) is 176 cm³/mol. The number of carbonyl (C=O) groups excluding carboxylic acids is 2. The third-order valence-electron chi connectivity index (χ3n) is 7.57. The fraction of sp³-hybridized carbons (Fsp3) is 0.273. The van der Waals surface area contributed by atoms with Gasteiger partial charge >= 0.3 is 12.1 Å². The Bertz CT molecular complexity index is 1800. The van der Waals surface area contributed by atoms with E-state index in [1.165, 1.54) is 30.3 Å². The number of benzene rings is 3. The molecule has 2 fully saturated rings. The molecule has 2 saturated heterocycles. The Kier molecular flexibility index (Phi) is 11.3. The Morgan fingerprint density at radius 2 is 1.73 bits per heavy atom. The minimum Gasteiger partial charge on any atom is -0.491 e. The smallest absolute Gasteiger partial charge is 0.416 e. The number of carboxylic acids is 1. The minimum absolute atomic E-state index is 0.0258. The van der Waals surface area contributed by atoms with Crippen LogP contribution in [0.5, 0.6) is 5.75 Å². The molecule has 0 radical (unpaired) electrons. The number of morpholine rings is 1. The number of carbonyl (C=O) groups is 3. The maximum absolute atomic E-state index is 14.3. The van der Waals surface area contributed by atoms with Crippen molar-refractivity contribution in [1.29, 1.82) is 0 Å². The molecule has 258 valence electrons.